The first-order valence-corrected chi connectivity index (χ1v) is 8.39. The smallest absolute Gasteiger partial charge is 0.258 e. The molecule has 112 valence electrons. The van der Waals surface area contributed by atoms with Crippen molar-refractivity contribution in [2.75, 3.05) is 0 Å². The van der Waals surface area contributed by atoms with Gasteiger partial charge in [0.15, 0.2) is 0 Å². The van der Waals surface area contributed by atoms with Crippen molar-refractivity contribution < 1.29 is 13.3 Å². The molecule has 0 fully saturated rings. The van der Waals surface area contributed by atoms with E-state index in [1.807, 2.05) is 0 Å². The summed E-state index contributed by atoms with van der Waals surface area (Å²) in [4.78, 5) is 10.1. The molecular formula is C14H9BrN2O4S. The van der Waals surface area contributed by atoms with Crippen molar-refractivity contribution in [2.24, 2.45) is 0 Å². The molecule has 0 amide bonds. The summed E-state index contributed by atoms with van der Waals surface area (Å²) in [5, 5.41) is 11.6. The Morgan fingerprint density at radius 2 is 1.86 bits per heavy atom. The highest BCUT2D eigenvalue weighted by Gasteiger charge is 2.21. The van der Waals surface area contributed by atoms with Crippen LogP contribution in [0.25, 0.3) is 10.9 Å². The third kappa shape index (κ3) is 2.40. The minimum atomic E-state index is -3.89. The first kappa shape index (κ1) is 14.7. The van der Waals surface area contributed by atoms with E-state index in [1.54, 1.807) is 24.3 Å². The molecule has 0 unspecified atom stereocenters. The largest absolute Gasteiger partial charge is 0.270 e. The first-order chi connectivity index (χ1) is 10.4. The molecule has 1 aromatic heterocycles. The summed E-state index contributed by atoms with van der Waals surface area (Å²) in [5.41, 5.74) is 0.245. The fourth-order valence-electron chi connectivity index (χ4n) is 2.17. The van der Waals surface area contributed by atoms with Crippen LogP contribution in [0.15, 0.2) is 64.1 Å². The molecule has 8 heteroatoms. The lowest BCUT2D eigenvalue weighted by Crippen LogP contribution is -2.12. The second kappa shape index (κ2) is 5.22. The van der Waals surface area contributed by atoms with E-state index in [2.05, 4.69) is 15.9 Å². The Morgan fingerprint density at radius 1 is 1.09 bits per heavy atom. The van der Waals surface area contributed by atoms with E-state index in [1.165, 1.54) is 24.4 Å². The van der Waals surface area contributed by atoms with Crippen LogP contribution in [0.1, 0.15) is 0 Å². The highest BCUT2D eigenvalue weighted by atomic mass is 79.9. The van der Waals surface area contributed by atoms with Crippen molar-refractivity contribution in [3.63, 3.8) is 0 Å². The number of benzene rings is 2. The quantitative estimate of drug-likeness (QED) is 0.513. The first-order valence-electron chi connectivity index (χ1n) is 6.16. The summed E-state index contributed by atoms with van der Waals surface area (Å²) in [7, 11) is -3.89. The zero-order valence-electron chi connectivity index (χ0n) is 11.0. The Bertz CT molecular complexity index is 995. The van der Waals surface area contributed by atoms with Gasteiger partial charge >= 0.3 is 0 Å². The molecule has 0 spiro atoms. The average Bonchev–Trinajstić information content (AvgIpc) is 2.91. The zero-order chi connectivity index (χ0) is 15.9. The second-order valence-corrected chi connectivity index (χ2v) is 7.30. The number of rotatable bonds is 3. The van der Waals surface area contributed by atoms with Gasteiger partial charge in [0, 0.05) is 28.2 Å². The molecule has 2 aromatic carbocycles. The SMILES string of the molecule is O=[N+]([O-])c1cccc(S(=O)(=O)n2ccc3cc(Br)ccc32)c1. The van der Waals surface area contributed by atoms with E-state index in [0.29, 0.717) is 5.52 Å². The van der Waals surface area contributed by atoms with Gasteiger partial charge in [-0.15, -0.1) is 0 Å². The molecule has 1 heterocycles. The van der Waals surface area contributed by atoms with Gasteiger partial charge in [-0.3, -0.25) is 10.1 Å². The maximum atomic E-state index is 12.7. The predicted molar refractivity (Wildman–Crippen MR) is 85.3 cm³/mol. The summed E-state index contributed by atoms with van der Waals surface area (Å²) in [6.45, 7) is 0. The van der Waals surface area contributed by atoms with Crippen LogP contribution >= 0.6 is 15.9 Å². The number of non-ortho nitro benzene ring substituents is 1. The van der Waals surface area contributed by atoms with Crippen molar-refractivity contribution in [2.45, 2.75) is 4.90 Å². The topological polar surface area (TPSA) is 82.2 Å². The van der Waals surface area contributed by atoms with Gasteiger partial charge in [0.25, 0.3) is 15.7 Å². The molecule has 0 saturated heterocycles. The van der Waals surface area contributed by atoms with Crippen LogP contribution in [0.4, 0.5) is 5.69 Å². The van der Waals surface area contributed by atoms with Crippen LogP contribution in [-0.2, 0) is 10.0 Å². The number of nitro benzene ring substituents is 1. The number of aromatic nitrogens is 1. The van der Waals surface area contributed by atoms with Gasteiger partial charge in [-0.05, 0) is 30.3 Å². The van der Waals surface area contributed by atoms with Crippen LogP contribution < -0.4 is 0 Å². The van der Waals surface area contributed by atoms with E-state index < -0.39 is 14.9 Å². The molecule has 0 radical (unpaired) electrons. The normalized spacial score (nSPS) is 11.7. The van der Waals surface area contributed by atoms with E-state index >= 15 is 0 Å². The number of hydrogen-bond donors (Lipinski definition) is 0. The summed E-state index contributed by atoms with van der Waals surface area (Å²) in [6.07, 6.45) is 1.44. The van der Waals surface area contributed by atoms with Gasteiger partial charge in [0.05, 0.1) is 15.3 Å². The van der Waals surface area contributed by atoms with E-state index in [4.69, 9.17) is 0 Å². The number of nitro groups is 1. The lowest BCUT2D eigenvalue weighted by atomic mass is 10.3. The summed E-state index contributed by atoms with van der Waals surface area (Å²) < 4.78 is 27.4. The van der Waals surface area contributed by atoms with Gasteiger partial charge in [-0.25, -0.2) is 12.4 Å². The van der Waals surface area contributed by atoms with E-state index in [-0.39, 0.29) is 10.6 Å². The second-order valence-electron chi connectivity index (χ2n) is 4.57. The molecule has 0 aliphatic rings. The minimum Gasteiger partial charge on any atom is -0.258 e. The van der Waals surface area contributed by atoms with Gasteiger partial charge in [0.1, 0.15) is 0 Å². The minimum absolute atomic E-state index is 0.123. The predicted octanol–water partition coefficient (Wildman–Crippen LogP) is 3.55. The van der Waals surface area contributed by atoms with Gasteiger partial charge in [0.2, 0.25) is 0 Å². The molecule has 0 bridgehead atoms. The molecule has 0 N–H and O–H groups in total. The Kier molecular flexibility index (Phi) is 3.50. The summed E-state index contributed by atoms with van der Waals surface area (Å²) >= 11 is 3.33. The standard InChI is InChI=1S/C14H9BrN2O4S/c15-11-4-5-14-10(8-11)6-7-16(14)22(20,21)13-3-1-2-12(9-13)17(18)19/h1-9H. The lowest BCUT2D eigenvalue weighted by Gasteiger charge is -2.07. The number of halogens is 1. The molecule has 3 rings (SSSR count). The average molecular weight is 381 g/mol. The van der Waals surface area contributed by atoms with E-state index in [0.717, 1.165) is 19.9 Å². The Morgan fingerprint density at radius 3 is 2.59 bits per heavy atom. The van der Waals surface area contributed by atoms with Crippen molar-refractivity contribution in [1.82, 2.24) is 3.97 Å². The third-order valence-corrected chi connectivity index (χ3v) is 5.38. The van der Waals surface area contributed by atoms with Crippen LogP contribution in [0, 0.1) is 10.1 Å². The third-order valence-electron chi connectivity index (χ3n) is 3.20. The van der Waals surface area contributed by atoms with Crippen molar-refractivity contribution in [3.8, 4) is 0 Å². The van der Waals surface area contributed by atoms with Crippen LogP contribution in [0.2, 0.25) is 0 Å². The Labute approximate surface area is 134 Å². The van der Waals surface area contributed by atoms with Crippen LogP contribution in [0.3, 0.4) is 0 Å². The molecule has 0 aliphatic carbocycles. The summed E-state index contributed by atoms with van der Waals surface area (Å²) in [5.74, 6) is 0. The fraction of sp³-hybridized carbons (Fsp3) is 0. The van der Waals surface area contributed by atoms with Gasteiger partial charge < -0.3 is 0 Å². The maximum absolute atomic E-state index is 12.7. The molecular weight excluding hydrogens is 372 g/mol. The highest BCUT2D eigenvalue weighted by molar-refractivity contribution is 9.10. The summed E-state index contributed by atoms with van der Waals surface area (Å²) in [6, 6.07) is 11.9. The maximum Gasteiger partial charge on any atom is 0.270 e. The fourth-order valence-corrected chi connectivity index (χ4v) is 3.94. The number of nitrogens with zero attached hydrogens (tertiary/aromatic N) is 2. The van der Waals surface area contributed by atoms with Crippen LogP contribution in [-0.4, -0.2) is 17.3 Å². The highest BCUT2D eigenvalue weighted by Crippen LogP contribution is 2.26. The van der Waals surface area contributed by atoms with Gasteiger partial charge in [-0.2, -0.15) is 0 Å². The Balaban J connectivity index is 2.20. The monoisotopic (exact) mass is 380 g/mol. The molecule has 0 aliphatic heterocycles. The molecule has 0 saturated carbocycles. The van der Waals surface area contributed by atoms with Gasteiger partial charge in [-0.1, -0.05) is 22.0 Å². The lowest BCUT2D eigenvalue weighted by molar-refractivity contribution is -0.385. The van der Waals surface area contributed by atoms with Crippen molar-refractivity contribution in [3.05, 3.63) is 69.3 Å². The zero-order valence-corrected chi connectivity index (χ0v) is 13.4. The molecule has 0 atom stereocenters. The number of fused-ring (bicyclic) bond motifs is 1. The van der Waals surface area contributed by atoms with E-state index in [9.17, 15) is 18.5 Å². The number of hydrogen-bond acceptors (Lipinski definition) is 4. The van der Waals surface area contributed by atoms with Crippen molar-refractivity contribution >= 4 is 42.5 Å². The van der Waals surface area contributed by atoms with Crippen molar-refractivity contribution in [1.29, 1.82) is 0 Å². The molecule has 3 aromatic rings. The molecule has 22 heavy (non-hydrogen) atoms. The Hall–Kier alpha value is -2.19. The van der Waals surface area contributed by atoms with Crippen LogP contribution in [0.5, 0.6) is 0 Å². The molecule has 6 nitrogen and oxygen atoms in total.